The van der Waals surface area contributed by atoms with Crippen LogP contribution >= 0.6 is 0 Å². The van der Waals surface area contributed by atoms with E-state index in [0.717, 1.165) is 30.1 Å². The summed E-state index contributed by atoms with van der Waals surface area (Å²) >= 11 is 0. The largest absolute Gasteiger partial charge is 0.494 e. The molecule has 0 heterocycles. The molecule has 0 N–H and O–H groups in total. The molecule has 30 heavy (non-hydrogen) atoms. The van der Waals surface area contributed by atoms with Gasteiger partial charge in [0.25, 0.3) is 0 Å². The fourth-order valence-corrected chi connectivity index (χ4v) is 5.70. The third-order valence-electron chi connectivity index (χ3n) is 7.73. The molecule has 0 radical (unpaired) electrons. The van der Waals surface area contributed by atoms with E-state index in [2.05, 4.69) is 44.2 Å². The lowest BCUT2D eigenvalue weighted by molar-refractivity contribution is 0.186. The van der Waals surface area contributed by atoms with E-state index in [4.69, 9.17) is 4.74 Å². The molecular weight excluding hydrogens is 364 g/mol. The molecule has 0 saturated heterocycles. The van der Waals surface area contributed by atoms with Crippen molar-refractivity contribution < 1.29 is 4.74 Å². The van der Waals surface area contributed by atoms with Gasteiger partial charge in [-0.2, -0.15) is 0 Å². The van der Waals surface area contributed by atoms with Crippen LogP contribution < -0.4 is 4.74 Å². The minimum Gasteiger partial charge on any atom is -0.494 e. The Morgan fingerprint density at radius 1 is 0.800 bits per heavy atom. The smallest absolute Gasteiger partial charge is 0.119 e. The molecule has 0 aromatic heterocycles. The average Bonchev–Trinajstić information content (AvgIpc) is 2.79. The number of allylic oxidation sites excluding steroid dienone is 2. The fourth-order valence-electron chi connectivity index (χ4n) is 5.70. The Morgan fingerprint density at radius 3 is 2.27 bits per heavy atom. The van der Waals surface area contributed by atoms with Gasteiger partial charge in [0.15, 0.2) is 0 Å². The van der Waals surface area contributed by atoms with Crippen molar-refractivity contribution >= 4 is 0 Å². The van der Waals surface area contributed by atoms with Crippen molar-refractivity contribution in [1.29, 1.82) is 0 Å². The SMILES string of the molecule is CCCCCCOc1ccc(CCC2=CCC(C3CCC(CCC)CC3)CC2)cc1. The van der Waals surface area contributed by atoms with E-state index in [1.165, 1.54) is 102 Å². The molecule has 1 nitrogen and oxygen atoms in total. The van der Waals surface area contributed by atoms with Crippen LogP contribution in [0.25, 0.3) is 0 Å². The molecule has 3 rings (SSSR count). The number of unbranched alkanes of at least 4 members (excludes halogenated alkanes) is 3. The first-order valence-corrected chi connectivity index (χ1v) is 13.2. The van der Waals surface area contributed by atoms with E-state index >= 15 is 0 Å². The van der Waals surface area contributed by atoms with E-state index in [0.29, 0.717) is 0 Å². The maximum Gasteiger partial charge on any atom is 0.119 e. The number of rotatable bonds is 12. The lowest BCUT2D eigenvalue weighted by atomic mass is 9.70. The molecule has 1 aromatic carbocycles. The van der Waals surface area contributed by atoms with Crippen LogP contribution in [0, 0.1) is 17.8 Å². The summed E-state index contributed by atoms with van der Waals surface area (Å²) in [7, 11) is 0. The Kier molecular flexibility index (Phi) is 10.3. The molecule has 1 aromatic rings. The monoisotopic (exact) mass is 410 g/mol. The normalized spacial score (nSPS) is 24.5. The average molecular weight is 411 g/mol. The standard InChI is InChI=1S/C29H46O/c1-3-5-6-7-23-30-29-21-15-26(16-22-29)10-9-25-13-19-28(20-14-25)27-17-11-24(8-4-2)12-18-27/h13,15-16,21-22,24,27-28H,3-12,14,17-20,23H2,1-2H3. The molecule has 0 amide bonds. The molecule has 1 saturated carbocycles. The summed E-state index contributed by atoms with van der Waals surface area (Å²) in [5.41, 5.74) is 3.16. The second kappa shape index (κ2) is 13.2. The predicted molar refractivity (Wildman–Crippen MR) is 130 cm³/mol. The highest BCUT2D eigenvalue weighted by molar-refractivity contribution is 5.28. The molecule has 2 aliphatic rings. The van der Waals surface area contributed by atoms with Crippen LogP contribution in [0.4, 0.5) is 0 Å². The molecule has 1 fully saturated rings. The number of benzene rings is 1. The van der Waals surface area contributed by atoms with Crippen molar-refractivity contribution in [2.45, 2.75) is 110 Å². The van der Waals surface area contributed by atoms with Crippen molar-refractivity contribution in [1.82, 2.24) is 0 Å². The zero-order valence-electron chi connectivity index (χ0n) is 19.8. The van der Waals surface area contributed by atoms with Gasteiger partial charge in [0, 0.05) is 0 Å². The minimum atomic E-state index is 0.855. The van der Waals surface area contributed by atoms with E-state index < -0.39 is 0 Å². The van der Waals surface area contributed by atoms with Crippen LogP contribution in [0.3, 0.4) is 0 Å². The highest BCUT2D eigenvalue weighted by Gasteiger charge is 2.28. The summed E-state index contributed by atoms with van der Waals surface area (Å²) in [6.07, 6.45) is 23.1. The second-order valence-corrected chi connectivity index (χ2v) is 10.0. The first-order chi connectivity index (χ1) is 14.8. The van der Waals surface area contributed by atoms with Gasteiger partial charge >= 0.3 is 0 Å². The highest BCUT2D eigenvalue weighted by Crippen LogP contribution is 2.41. The molecular formula is C29H46O. The summed E-state index contributed by atoms with van der Waals surface area (Å²) in [4.78, 5) is 0. The van der Waals surface area contributed by atoms with Gasteiger partial charge in [0.05, 0.1) is 6.61 Å². The molecule has 1 unspecified atom stereocenters. The van der Waals surface area contributed by atoms with Gasteiger partial charge in [0.2, 0.25) is 0 Å². The molecule has 0 aliphatic heterocycles. The Morgan fingerprint density at radius 2 is 1.60 bits per heavy atom. The second-order valence-electron chi connectivity index (χ2n) is 10.0. The minimum absolute atomic E-state index is 0.855. The van der Waals surface area contributed by atoms with Crippen molar-refractivity contribution in [2.75, 3.05) is 6.61 Å². The van der Waals surface area contributed by atoms with Crippen LogP contribution in [0.1, 0.15) is 109 Å². The third-order valence-corrected chi connectivity index (χ3v) is 7.73. The maximum atomic E-state index is 5.88. The van der Waals surface area contributed by atoms with Crippen LogP contribution in [-0.4, -0.2) is 6.61 Å². The van der Waals surface area contributed by atoms with Gasteiger partial charge in [-0.3, -0.25) is 0 Å². The van der Waals surface area contributed by atoms with Gasteiger partial charge in [-0.25, -0.2) is 0 Å². The van der Waals surface area contributed by atoms with E-state index in [1.807, 2.05) is 0 Å². The molecule has 168 valence electrons. The summed E-state index contributed by atoms with van der Waals surface area (Å²) < 4.78 is 5.88. The molecule has 0 spiro atoms. The van der Waals surface area contributed by atoms with Crippen molar-refractivity contribution in [3.8, 4) is 5.75 Å². The first-order valence-electron chi connectivity index (χ1n) is 13.2. The fraction of sp³-hybridized carbons (Fsp3) is 0.724. The lowest BCUT2D eigenvalue weighted by Gasteiger charge is -2.35. The van der Waals surface area contributed by atoms with Crippen molar-refractivity contribution in [3.05, 3.63) is 41.5 Å². The topological polar surface area (TPSA) is 9.23 Å². The van der Waals surface area contributed by atoms with E-state index in [9.17, 15) is 0 Å². The van der Waals surface area contributed by atoms with Crippen molar-refractivity contribution in [3.63, 3.8) is 0 Å². The first kappa shape index (κ1) is 23.4. The Bertz CT molecular complexity index is 606. The number of ether oxygens (including phenoxy) is 1. The van der Waals surface area contributed by atoms with E-state index in [-0.39, 0.29) is 0 Å². The number of aryl methyl sites for hydroxylation is 1. The van der Waals surface area contributed by atoms with Gasteiger partial charge in [-0.15, -0.1) is 0 Å². The predicted octanol–water partition coefficient (Wildman–Crippen LogP) is 8.91. The summed E-state index contributed by atoms with van der Waals surface area (Å²) in [5, 5.41) is 0. The molecule has 0 bridgehead atoms. The highest BCUT2D eigenvalue weighted by atomic mass is 16.5. The molecule has 1 atom stereocenters. The molecule has 1 heteroatoms. The quantitative estimate of drug-likeness (QED) is 0.247. The Balaban J connectivity index is 1.34. The van der Waals surface area contributed by atoms with Crippen LogP contribution in [0.5, 0.6) is 5.75 Å². The summed E-state index contributed by atoms with van der Waals surface area (Å²) in [5.74, 6) is 4.07. The van der Waals surface area contributed by atoms with Gasteiger partial charge < -0.3 is 4.74 Å². The summed E-state index contributed by atoms with van der Waals surface area (Å²) in [6, 6.07) is 8.86. The van der Waals surface area contributed by atoms with Crippen LogP contribution in [-0.2, 0) is 6.42 Å². The Hall–Kier alpha value is -1.24. The summed E-state index contributed by atoms with van der Waals surface area (Å²) in [6.45, 7) is 5.45. The van der Waals surface area contributed by atoms with Crippen molar-refractivity contribution in [2.24, 2.45) is 17.8 Å². The Labute approximate surface area is 186 Å². The van der Waals surface area contributed by atoms with Gasteiger partial charge in [0.1, 0.15) is 5.75 Å². The third kappa shape index (κ3) is 7.78. The van der Waals surface area contributed by atoms with Gasteiger partial charge in [-0.1, -0.05) is 82.6 Å². The molecule has 2 aliphatic carbocycles. The van der Waals surface area contributed by atoms with Gasteiger partial charge in [-0.05, 0) is 86.8 Å². The zero-order chi connectivity index (χ0) is 21.0. The number of hydrogen-bond acceptors (Lipinski definition) is 1. The number of hydrogen-bond donors (Lipinski definition) is 0. The van der Waals surface area contributed by atoms with E-state index in [1.54, 1.807) is 5.57 Å². The van der Waals surface area contributed by atoms with Crippen LogP contribution in [0.15, 0.2) is 35.9 Å². The maximum absolute atomic E-state index is 5.88. The zero-order valence-corrected chi connectivity index (χ0v) is 19.8. The lowest BCUT2D eigenvalue weighted by Crippen LogP contribution is -2.23. The van der Waals surface area contributed by atoms with Crippen LogP contribution in [0.2, 0.25) is 0 Å².